The Kier molecular flexibility index (Phi) is 4.70. The molecule has 0 fully saturated rings. The largest absolute Gasteiger partial charge is 0.458 e. The summed E-state index contributed by atoms with van der Waals surface area (Å²) in [5, 5.41) is 0. The molecule has 0 spiro atoms. The molecule has 6 heteroatoms. The van der Waals surface area contributed by atoms with Crippen LogP contribution in [0.25, 0.3) is 0 Å². The fourth-order valence-corrected chi connectivity index (χ4v) is 1.80. The molecular weight excluding hydrogens is 254 g/mol. The molecule has 106 valence electrons. The minimum Gasteiger partial charge on any atom is -0.458 e. The molecule has 0 bridgehead atoms. The Morgan fingerprint density at radius 1 is 1.05 bits per heavy atom. The van der Waals surface area contributed by atoms with Crippen molar-refractivity contribution in [3.63, 3.8) is 0 Å². The number of nitrogens with zero attached hydrogens (tertiary/aromatic N) is 4. The minimum atomic E-state index is 0.171. The number of nitrogen functional groups attached to an aromatic ring is 1. The Bertz CT molecular complexity index is 543. The van der Waals surface area contributed by atoms with Crippen molar-refractivity contribution in [3.05, 3.63) is 35.9 Å². The second kappa shape index (κ2) is 6.70. The van der Waals surface area contributed by atoms with Crippen molar-refractivity contribution in [2.24, 2.45) is 0 Å². The predicted octanol–water partition coefficient (Wildman–Crippen LogP) is 1.88. The highest BCUT2D eigenvalue weighted by Crippen LogP contribution is 2.14. The van der Waals surface area contributed by atoms with Crippen LogP contribution in [-0.2, 0) is 6.61 Å². The van der Waals surface area contributed by atoms with Crippen LogP contribution in [0.1, 0.15) is 19.4 Å². The number of hydrogen-bond acceptors (Lipinski definition) is 6. The van der Waals surface area contributed by atoms with Crippen molar-refractivity contribution in [1.29, 1.82) is 0 Å². The number of anilines is 2. The fraction of sp³-hybridized carbons (Fsp3) is 0.357. The second-order valence-electron chi connectivity index (χ2n) is 4.22. The molecule has 1 aromatic heterocycles. The van der Waals surface area contributed by atoms with Gasteiger partial charge in [-0.15, -0.1) is 0 Å². The van der Waals surface area contributed by atoms with Gasteiger partial charge in [-0.25, -0.2) is 0 Å². The summed E-state index contributed by atoms with van der Waals surface area (Å²) >= 11 is 0. The van der Waals surface area contributed by atoms with Crippen LogP contribution >= 0.6 is 0 Å². The molecule has 0 saturated carbocycles. The van der Waals surface area contributed by atoms with Crippen LogP contribution in [-0.4, -0.2) is 28.0 Å². The Morgan fingerprint density at radius 3 is 2.40 bits per heavy atom. The van der Waals surface area contributed by atoms with Crippen LogP contribution in [0.4, 0.5) is 11.9 Å². The molecule has 0 aliphatic heterocycles. The molecule has 0 aliphatic carbocycles. The Morgan fingerprint density at radius 2 is 1.75 bits per heavy atom. The number of benzene rings is 1. The fourth-order valence-electron chi connectivity index (χ4n) is 1.80. The topological polar surface area (TPSA) is 77.2 Å². The van der Waals surface area contributed by atoms with Gasteiger partial charge in [0, 0.05) is 13.1 Å². The first-order chi connectivity index (χ1) is 9.72. The van der Waals surface area contributed by atoms with E-state index in [1.807, 2.05) is 49.1 Å². The maximum atomic E-state index is 5.71. The van der Waals surface area contributed by atoms with Gasteiger partial charge in [0.05, 0.1) is 0 Å². The molecule has 0 saturated heterocycles. The van der Waals surface area contributed by atoms with E-state index in [4.69, 9.17) is 10.5 Å². The van der Waals surface area contributed by atoms with Gasteiger partial charge in [0.1, 0.15) is 6.61 Å². The van der Waals surface area contributed by atoms with Crippen LogP contribution in [0.5, 0.6) is 6.01 Å². The zero-order valence-corrected chi connectivity index (χ0v) is 11.8. The Hall–Kier alpha value is -2.37. The lowest BCUT2D eigenvalue weighted by molar-refractivity contribution is 0.280. The van der Waals surface area contributed by atoms with Crippen LogP contribution in [0.3, 0.4) is 0 Å². The number of hydrogen-bond donors (Lipinski definition) is 1. The van der Waals surface area contributed by atoms with E-state index < -0.39 is 0 Å². The lowest BCUT2D eigenvalue weighted by atomic mass is 10.2. The molecule has 0 atom stereocenters. The molecule has 6 nitrogen and oxygen atoms in total. The van der Waals surface area contributed by atoms with Gasteiger partial charge in [0.25, 0.3) is 0 Å². The molecule has 1 heterocycles. The number of aromatic nitrogens is 3. The van der Waals surface area contributed by atoms with Gasteiger partial charge < -0.3 is 15.4 Å². The summed E-state index contributed by atoms with van der Waals surface area (Å²) in [5.41, 5.74) is 6.76. The first-order valence-electron chi connectivity index (χ1n) is 6.66. The van der Waals surface area contributed by atoms with E-state index in [9.17, 15) is 0 Å². The third kappa shape index (κ3) is 3.57. The number of rotatable bonds is 6. The summed E-state index contributed by atoms with van der Waals surface area (Å²) in [7, 11) is 0. The summed E-state index contributed by atoms with van der Waals surface area (Å²) in [4.78, 5) is 14.4. The lowest BCUT2D eigenvalue weighted by Crippen LogP contribution is -2.25. The molecule has 2 aromatic rings. The summed E-state index contributed by atoms with van der Waals surface area (Å²) in [6, 6.07) is 10.1. The minimum absolute atomic E-state index is 0.171. The number of ether oxygens (including phenoxy) is 1. The summed E-state index contributed by atoms with van der Waals surface area (Å²) in [6.45, 7) is 6.08. The molecule has 0 radical (unpaired) electrons. The molecule has 2 N–H and O–H groups in total. The van der Waals surface area contributed by atoms with Crippen LogP contribution < -0.4 is 15.4 Å². The van der Waals surface area contributed by atoms with E-state index in [1.165, 1.54) is 0 Å². The van der Waals surface area contributed by atoms with Crippen LogP contribution in [0, 0.1) is 0 Å². The average Bonchev–Trinajstić information content (AvgIpc) is 2.47. The third-order valence-corrected chi connectivity index (χ3v) is 2.88. The van der Waals surface area contributed by atoms with Crippen LogP contribution in [0.2, 0.25) is 0 Å². The van der Waals surface area contributed by atoms with Crippen molar-refractivity contribution in [2.45, 2.75) is 20.5 Å². The van der Waals surface area contributed by atoms with Gasteiger partial charge in [-0.1, -0.05) is 30.3 Å². The van der Waals surface area contributed by atoms with Crippen molar-refractivity contribution >= 4 is 11.9 Å². The van der Waals surface area contributed by atoms with E-state index in [0.717, 1.165) is 18.7 Å². The first-order valence-corrected chi connectivity index (χ1v) is 6.66. The summed E-state index contributed by atoms with van der Waals surface area (Å²) in [5.74, 6) is 0.718. The molecule has 1 aromatic carbocycles. The van der Waals surface area contributed by atoms with E-state index in [0.29, 0.717) is 12.6 Å². The standard InChI is InChI=1S/C14H19N5O/c1-3-19(4-2)13-16-12(15)17-14(18-13)20-10-11-8-6-5-7-9-11/h5-9H,3-4,10H2,1-2H3,(H2,15,16,17,18). The monoisotopic (exact) mass is 273 g/mol. The van der Waals surface area contributed by atoms with Crippen molar-refractivity contribution < 1.29 is 4.74 Å². The molecular formula is C14H19N5O. The highest BCUT2D eigenvalue weighted by atomic mass is 16.5. The highest BCUT2D eigenvalue weighted by molar-refractivity contribution is 5.35. The lowest BCUT2D eigenvalue weighted by Gasteiger charge is -2.18. The molecule has 0 amide bonds. The van der Waals surface area contributed by atoms with Crippen molar-refractivity contribution in [1.82, 2.24) is 15.0 Å². The SMILES string of the molecule is CCN(CC)c1nc(N)nc(OCc2ccccc2)n1. The van der Waals surface area contributed by atoms with E-state index in [1.54, 1.807) is 0 Å². The van der Waals surface area contributed by atoms with Crippen molar-refractivity contribution in [2.75, 3.05) is 23.7 Å². The Balaban J connectivity index is 2.12. The molecule has 0 unspecified atom stereocenters. The predicted molar refractivity (Wildman–Crippen MR) is 78.6 cm³/mol. The first kappa shape index (κ1) is 14.0. The quantitative estimate of drug-likeness (QED) is 0.866. The van der Waals surface area contributed by atoms with Gasteiger partial charge in [-0.3, -0.25) is 0 Å². The third-order valence-electron chi connectivity index (χ3n) is 2.88. The van der Waals surface area contributed by atoms with Gasteiger partial charge >= 0.3 is 6.01 Å². The van der Waals surface area contributed by atoms with Gasteiger partial charge in [0.15, 0.2) is 0 Å². The van der Waals surface area contributed by atoms with E-state index >= 15 is 0 Å². The zero-order valence-electron chi connectivity index (χ0n) is 11.8. The second-order valence-corrected chi connectivity index (χ2v) is 4.22. The van der Waals surface area contributed by atoms with E-state index in [-0.39, 0.29) is 12.0 Å². The van der Waals surface area contributed by atoms with E-state index in [2.05, 4.69) is 15.0 Å². The molecule has 20 heavy (non-hydrogen) atoms. The smallest absolute Gasteiger partial charge is 0.323 e. The molecule has 2 rings (SSSR count). The maximum Gasteiger partial charge on any atom is 0.323 e. The Labute approximate surface area is 118 Å². The number of nitrogens with two attached hydrogens (primary N) is 1. The molecule has 0 aliphatic rings. The van der Waals surface area contributed by atoms with Gasteiger partial charge in [-0.05, 0) is 19.4 Å². The normalized spacial score (nSPS) is 10.3. The van der Waals surface area contributed by atoms with Gasteiger partial charge in [-0.2, -0.15) is 15.0 Å². The van der Waals surface area contributed by atoms with Crippen LogP contribution in [0.15, 0.2) is 30.3 Å². The zero-order chi connectivity index (χ0) is 14.4. The highest BCUT2D eigenvalue weighted by Gasteiger charge is 2.10. The average molecular weight is 273 g/mol. The summed E-state index contributed by atoms with van der Waals surface area (Å²) < 4.78 is 5.58. The maximum absolute atomic E-state index is 5.71. The van der Waals surface area contributed by atoms with Crippen molar-refractivity contribution in [3.8, 4) is 6.01 Å². The van der Waals surface area contributed by atoms with Gasteiger partial charge in [0.2, 0.25) is 11.9 Å². The summed E-state index contributed by atoms with van der Waals surface area (Å²) in [6.07, 6.45) is 0.